The van der Waals surface area contributed by atoms with Gasteiger partial charge >= 0.3 is 0 Å². The minimum absolute atomic E-state index is 0.196. The van der Waals surface area contributed by atoms with E-state index in [0.29, 0.717) is 6.54 Å². The van der Waals surface area contributed by atoms with E-state index in [9.17, 15) is 4.79 Å². The van der Waals surface area contributed by atoms with Crippen LogP contribution in [0.1, 0.15) is 25.3 Å². The summed E-state index contributed by atoms with van der Waals surface area (Å²) in [6.07, 6.45) is 1.86. The molecule has 1 unspecified atom stereocenters. The molecule has 1 aliphatic heterocycles. The van der Waals surface area contributed by atoms with Gasteiger partial charge in [0, 0.05) is 39.9 Å². The second-order valence-electron chi connectivity index (χ2n) is 6.28. The van der Waals surface area contributed by atoms with Crippen molar-refractivity contribution in [2.75, 3.05) is 39.1 Å². The van der Waals surface area contributed by atoms with Crippen LogP contribution >= 0.6 is 0 Å². The fourth-order valence-electron chi connectivity index (χ4n) is 3.03. The van der Waals surface area contributed by atoms with Gasteiger partial charge in [-0.05, 0) is 37.1 Å². The van der Waals surface area contributed by atoms with Crippen molar-refractivity contribution < 1.29 is 4.79 Å². The van der Waals surface area contributed by atoms with Gasteiger partial charge in [0.05, 0.1) is 5.41 Å². The lowest BCUT2D eigenvalue weighted by Gasteiger charge is -2.31. The molecule has 4 nitrogen and oxygen atoms in total. The first-order valence-electron chi connectivity index (χ1n) is 7.71. The van der Waals surface area contributed by atoms with Crippen LogP contribution in [0.5, 0.6) is 0 Å². The molecule has 1 N–H and O–H groups in total. The zero-order valence-corrected chi connectivity index (χ0v) is 13.6. The second-order valence-corrected chi connectivity index (χ2v) is 6.28. The first-order chi connectivity index (χ1) is 9.98. The lowest BCUT2D eigenvalue weighted by molar-refractivity contribution is -0.140. The molecule has 0 aromatic heterocycles. The molecule has 21 heavy (non-hydrogen) atoms. The fourth-order valence-corrected chi connectivity index (χ4v) is 3.03. The lowest BCUT2D eigenvalue weighted by Crippen LogP contribution is -2.42. The maximum atomic E-state index is 12.8. The smallest absolute Gasteiger partial charge is 0.230 e. The minimum Gasteiger partial charge on any atom is -0.378 e. The van der Waals surface area contributed by atoms with E-state index in [4.69, 9.17) is 0 Å². The number of benzene rings is 1. The third-order valence-electron chi connectivity index (χ3n) is 4.59. The highest BCUT2D eigenvalue weighted by atomic mass is 16.2. The SMILES string of the molecule is CCC1(C(=O)N(C)Cc2ccc(N(C)C)cc2)CCNC1. The number of rotatable bonds is 5. The van der Waals surface area contributed by atoms with Crippen molar-refractivity contribution in [3.8, 4) is 0 Å². The summed E-state index contributed by atoms with van der Waals surface area (Å²) in [5, 5.41) is 3.33. The van der Waals surface area contributed by atoms with Gasteiger partial charge in [-0.15, -0.1) is 0 Å². The van der Waals surface area contributed by atoms with Gasteiger partial charge in [-0.25, -0.2) is 0 Å². The maximum Gasteiger partial charge on any atom is 0.230 e. The zero-order chi connectivity index (χ0) is 15.5. The molecule has 2 rings (SSSR count). The molecule has 1 aliphatic rings. The summed E-state index contributed by atoms with van der Waals surface area (Å²) in [4.78, 5) is 16.7. The molecule has 1 aromatic carbocycles. The van der Waals surface area contributed by atoms with Gasteiger partial charge in [0.25, 0.3) is 0 Å². The topological polar surface area (TPSA) is 35.6 Å². The third-order valence-corrected chi connectivity index (χ3v) is 4.59. The summed E-state index contributed by atoms with van der Waals surface area (Å²) in [6, 6.07) is 8.40. The highest BCUT2D eigenvalue weighted by molar-refractivity contribution is 5.83. The Bertz CT molecular complexity index is 475. The summed E-state index contributed by atoms with van der Waals surface area (Å²) in [5.74, 6) is 0.270. The Morgan fingerprint density at radius 1 is 1.24 bits per heavy atom. The number of carbonyl (C=O) groups excluding carboxylic acids is 1. The Morgan fingerprint density at radius 2 is 1.90 bits per heavy atom. The van der Waals surface area contributed by atoms with Crippen molar-refractivity contribution in [1.82, 2.24) is 10.2 Å². The Balaban J connectivity index is 2.03. The van der Waals surface area contributed by atoms with E-state index in [1.54, 1.807) is 0 Å². The van der Waals surface area contributed by atoms with Crippen molar-refractivity contribution in [2.24, 2.45) is 5.41 Å². The summed E-state index contributed by atoms with van der Waals surface area (Å²) >= 11 is 0. The summed E-state index contributed by atoms with van der Waals surface area (Å²) in [6.45, 7) is 4.55. The Labute approximate surface area is 128 Å². The highest BCUT2D eigenvalue weighted by Gasteiger charge is 2.41. The minimum atomic E-state index is -0.196. The van der Waals surface area contributed by atoms with Gasteiger partial charge < -0.3 is 15.1 Å². The van der Waals surface area contributed by atoms with Crippen LogP contribution in [0.3, 0.4) is 0 Å². The van der Waals surface area contributed by atoms with E-state index < -0.39 is 0 Å². The standard InChI is InChI=1S/C17H27N3O/c1-5-17(10-11-18-13-17)16(21)20(4)12-14-6-8-15(9-7-14)19(2)3/h6-9,18H,5,10-13H2,1-4H3. The Morgan fingerprint density at radius 3 is 2.38 bits per heavy atom. The highest BCUT2D eigenvalue weighted by Crippen LogP contribution is 2.31. The van der Waals surface area contributed by atoms with E-state index >= 15 is 0 Å². The molecular weight excluding hydrogens is 262 g/mol. The van der Waals surface area contributed by atoms with Gasteiger partial charge in [-0.3, -0.25) is 4.79 Å². The van der Waals surface area contributed by atoms with Crippen molar-refractivity contribution in [3.05, 3.63) is 29.8 Å². The molecule has 1 fully saturated rings. The molecule has 4 heteroatoms. The summed E-state index contributed by atoms with van der Waals surface area (Å²) < 4.78 is 0. The van der Waals surface area contributed by atoms with Crippen LogP contribution in [-0.2, 0) is 11.3 Å². The number of nitrogens with zero attached hydrogens (tertiary/aromatic N) is 2. The normalized spacial score (nSPS) is 21.3. The Kier molecular flexibility index (Phi) is 4.88. The van der Waals surface area contributed by atoms with Crippen molar-refractivity contribution in [1.29, 1.82) is 0 Å². The molecule has 0 spiro atoms. The van der Waals surface area contributed by atoms with Crippen LogP contribution in [0.2, 0.25) is 0 Å². The summed E-state index contributed by atoms with van der Waals surface area (Å²) in [5.41, 5.74) is 2.16. The molecule has 0 radical (unpaired) electrons. The average molecular weight is 289 g/mol. The molecule has 1 atom stereocenters. The second kappa shape index (κ2) is 6.48. The number of hydrogen-bond donors (Lipinski definition) is 1. The molecule has 0 saturated carbocycles. The number of amides is 1. The van der Waals surface area contributed by atoms with E-state index in [2.05, 4.69) is 41.4 Å². The molecule has 1 heterocycles. The van der Waals surface area contributed by atoms with Crippen LogP contribution in [0.15, 0.2) is 24.3 Å². The van der Waals surface area contributed by atoms with Crippen LogP contribution in [0, 0.1) is 5.41 Å². The Hall–Kier alpha value is -1.55. The van der Waals surface area contributed by atoms with E-state index in [1.165, 1.54) is 11.3 Å². The van der Waals surface area contributed by atoms with Crippen molar-refractivity contribution in [3.63, 3.8) is 0 Å². The van der Waals surface area contributed by atoms with Crippen LogP contribution in [-0.4, -0.2) is 45.0 Å². The monoisotopic (exact) mass is 289 g/mol. The van der Waals surface area contributed by atoms with Gasteiger partial charge in [-0.1, -0.05) is 19.1 Å². The molecule has 1 aromatic rings. The van der Waals surface area contributed by atoms with Crippen LogP contribution < -0.4 is 10.2 Å². The lowest BCUT2D eigenvalue weighted by atomic mass is 9.83. The number of hydrogen-bond acceptors (Lipinski definition) is 3. The molecule has 0 aliphatic carbocycles. The van der Waals surface area contributed by atoms with Gasteiger partial charge in [0.2, 0.25) is 5.91 Å². The molecule has 116 valence electrons. The number of nitrogens with one attached hydrogen (secondary N) is 1. The van der Waals surface area contributed by atoms with Gasteiger partial charge in [-0.2, -0.15) is 0 Å². The zero-order valence-electron chi connectivity index (χ0n) is 13.6. The maximum absolute atomic E-state index is 12.8. The van der Waals surface area contributed by atoms with Crippen molar-refractivity contribution >= 4 is 11.6 Å². The predicted octanol–water partition coefficient (Wildman–Crippen LogP) is 2.10. The number of anilines is 1. The molecule has 0 bridgehead atoms. The van der Waals surface area contributed by atoms with Crippen LogP contribution in [0.4, 0.5) is 5.69 Å². The summed E-state index contributed by atoms with van der Waals surface area (Å²) in [7, 11) is 5.98. The number of carbonyl (C=O) groups is 1. The van der Waals surface area contributed by atoms with Crippen LogP contribution in [0.25, 0.3) is 0 Å². The molecule has 1 saturated heterocycles. The van der Waals surface area contributed by atoms with E-state index in [-0.39, 0.29) is 11.3 Å². The van der Waals surface area contributed by atoms with E-state index in [1.807, 2.05) is 26.0 Å². The fraction of sp³-hybridized carbons (Fsp3) is 0.588. The molecular formula is C17H27N3O. The largest absolute Gasteiger partial charge is 0.378 e. The predicted molar refractivity (Wildman–Crippen MR) is 87.5 cm³/mol. The van der Waals surface area contributed by atoms with Crippen molar-refractivity contribution in [2.45, 2.75) is 26.3 Å². The van der Waals surface area contributed by atoms with Gasteiger partial charge in [0.1, 0.15) is 0 Å². The average Bonchev–Trinajstić information content (AvgIpc) is 2.97. The first kappa shape index (κ1) is 15.8. The quantitative estimate of drug-likeness (QED) is 0.901. The molecule has 1 amide bonds. The van der Waals surface area contributed by atoms with Gasteiger partial charge in [0.15, 0.2) is 0 Å². The third kappa shape index (κ3) is 3.38. The van der Waals surface area contributed by atoms with E-state index in [0.717, 1.165) is 25.9 Å². The first-order valence-corrected chi connectivity index (χ1v) is 7.71.